The van der Waals surface area contributed by atoms with E-state index < -0.39 is 0 Å². The summed E-state index contributed by atoms with van der Waals surface area (Å²) in [7, 11) is 0. The first-order valence-electron chi connectivity index (χ1n) is 18.8. The van der Waals surface area contributed by atoms with E-state index in [2.05, 4.69) is 10.6 Å². The molecule has 2 aliphatic carbocycles. The highest BCUT2D eigenvalue weighted by Crippen LogP contribution is 2.31. The van der Waals surface area contributed by atoms with Gasteiger partial charge < -0.3 is 46.4 Å². The lowest BCUT2D eigenvalue weighted by atomic mass is 9.81. The molecule has 0 unspecified atom stereocenters. The summed E-state index contributed by atoms with van der Waals surface area (Å²) in [6, 6.07) is 13.9. The molecule has 2 aromatic rings. The topological polar surface area (TPSA) is 167 Å². The number of urea groups is 2. The van der Waals surface area contributed by atoms with E-state index in [1.807, 2.05) is 21.9 Å². The highest BCUT2D eigenvalue weighted by Gasteiger charge is 2.33. The molecule has 2 saturated carbocycles. The van der Waals surface area contributed by atoms with Gasteiger partial charge in [-0.15, -0.1) is 0 Å². The minimum absolute atomic E-state index is 0.0730. The molecule has 2 saturated heterocycles. The number of nitrogens with two attached hydrogens (primary N) is 2. The Labute approximate surface area is 301 Å². The van der Waals surface area contributed by atoms with Gasteiger partial charge in [-0.25, -0.2) is 9.59 Å². The van der Waals surface area contributed by atoms with E-state index in [0.29, 0.717) is 100 Å². The number of hydrogen-bond acceptors (Lipinski definition) is 7. The van der Waals surface area contributed by atoms with Crippen molar-refractivity contribution >= 4 is 35.3 Å². The fraction of sp³-hybridized carbons (Fsp3) is 0.579. The third-order valence-electron chi connectivity index (χ3n) is 11.2. The Hall–Kier alpha value is -4.36. The van der Waals surface area contributed by atoms with Crippen LogP contribution in [0.3, 0.4) is 0 Å². The fourth-order valence-corrected chi connectivity index (χ4v) is 7.88. The summed E-state index contributed by atoms with van der Waals surface area (Å²) in [4.78, 5) is 59.6. The van der Waals surface area contributed by atoms with Crippen molar-refractivity contribution in [2.75, 3.05) is 76.1 Å². The van der Waals surface area contributed by atoms with Crippen molar-refractivity contribution in [3.63, 3.8) is 0 Å². The molecule has 13 heteroatoms. The van der Waals surface area contributed by atoms with Crippen LogP contribution in [0, 0.1) is 23.7 Å². The van der Waals surface area contributed by atoms with Gasteiger partial charge in [-0.2, -0.15) is 0 Å². The van der Waals surface area contributed by atoms with Crippen molar-refractivity contribution in [3.8, 4) is 11.5 Å². The van der Waals surface area contributed by atoms with E-state index in [1.54, 1.807) is 46.2 Å². The summed E-state index contributed by atoms with van der Waals surface area (Å²) in [6.45, 7) is 5.44. The zero-order chi connectivity index (χ0) is 35.7. The van der Waals surface area contributed by atoms with Crippen molar-refractivity contribution in [2.24, 2.45) is 35.1 Å². The molecule has 276 valence electrons. The summed E-state index contributed by atoms with van der Waals surface area (Å²) < 4.78 is 6.11. The predicted octanol–water partition coefficient (Wildman–Crippen LogP) is 4.36. The van der Waals surface area contributed by atoms with E-state index >= 15 is 0 Å². The number of piperazine rings is 2. The lowest BCUT2D eigenvalue weighted by Crippen LogP contribution is -2.53. The molecule has 0 bridgehead atoms. The zero-order valence-corrected chi connectivity index (χ0v) is 29.6. The normalized spacial score (nSPS) is 24.1. The Balaban J connectivity index is 0.938. The van der Waals surface area contributed by atoms with E-state index in [4.69, 9.17) is 16.2 Å². The van der Waals surface area contributed by atoms with Crippen LogP contribution < -0.4 is 26.8 Å². The van der Waals surface area contributed by atoms with Gasteiger partial charge in [0.1, 0.15) is 11.5 Å². The molecule has 0 aromatic heterocycles. The maximum Gasteiger partial charge on any atom is 0.321 e. The minimum Gasteiger partial charge on any atom is -0.457 e. The van der Waals surface area contributed by atoms with Crippen LogP contribution in [0.15, 0.2) is 48.5 Å². The summed E-state index contributed by atoms with van der Waals surface area (Å²) in [6.07, 6.45) is 7.66. The van der Waals surface area contributed by atoms with Gasteiger partial charge in [0.25, 0.3) is 0 Å². The van der Waals surface area contributed by atoms with Gasteiger partial charge >= 0.3 is 12.1 Å². The monoisotopic (exact) mass is 702 g/mol. The number of anilines is 2. The Kier molecular flexibility index (Phi) is 12.3. The minimum atomic E-state index is -0.216. The van der Waals surface area contributed by atoms with E-state index in [9.17, 15) is 19.2 Å². The van der Waals surface area contributed by atoms with Crippen LogP contribution in [-0.4, -0.2) is 109 Å². The van der Waals surface area contributed by atoms with Crippen molar-refractivity contribution < 1.29 is 23.9 Å². The van der Waals surface area contributed by atoms with Gasteiger partial charge in [-0.05, 0) is 101 Å². The van der Waals surface area contributed by atoms with Crippen LogP contribution in [0.2, 0.25) is 0 Å². The van der Waals surface area contributed by atoms with Crippen molar-refractivity contribution in [3.05, 3.63) is 48.5 Å². The molecule has 2 aromatic carbocycles. The Morgan fingerprint density at radius 2 is 0.902 bits per heavy atom. The molecule has 0 atom stereocenters. The average molecular weight is 703 g/mol. The van der Waals surface area contributed by atoms with Crippen LogP contribution >= 0.6 is 0 Å². The largest absolute Gasteiger partial charge is 0.457 e. The number of rotatable bonds is 8. The molecule has 6 amide bonds. The first kappa shape index (κ1) is 36.4. The fourth-order valence-electron chi connectivity index (χ4n) is 7.88. The summed E-state index contributed by atoms with van der Waals surface area (Å²) in [5.41, 5.74) is 12.8. The smallest absolute Gasteiger partial charge is 0.321 e. The Morgan fingerprint density at radius 3 is 1.25 bits per heavy atom. The highest BCUT2D eigenvalue weighted by molar-refractivity contribution is 5.90. The Morgan fingerprint density at radius 1 is 0.549 bits per heavy atom. The number of carbonyl (C=O) groups excluding carboxylic acids is 4. The maximum absolute atomic E-state index is 13.1. The third-order valence-corrected chi connectivity index (χ3v) is 11.2. The highest BCUT2D eigenvalue weighted by atomic mass is 16.5. The first-order chi connectivity index (χ1) is 24.8. The standard InChI is InChI=1S/C38H54N8O5/c39-25-27-7-11-29(12-8-27)35(47)43-15-19-45(20-16-43)37(49)41-31-3-1-5-33(23-31)51-34-6-2-4-32(24-34)42-38(50)46-21-17-44(18-22-46)36(48)30-13-9-28(26-40)10-14-30/h1-6,23-24,27-30H,7-22,25-26,39-40H2,(H,41,49)(H,42,50). The van der Waals surface area contributed by atoms with Crippen LogP contribution in [-0.2, 0) is 9.59 Å². The first-order valence-corrected chi connectivity index (χ1v) is 18.8. The number of nitrogens with zero attached hydrogens (tertiary/aromatic N) is 4. The molecule has 51 heavy (non-hydrogen) atoms. The van der Waals surface area contributed by atoms with Gasteiger partial charge in [0.15, 0.2) is 0 Å². The number of hydrogen-bond donors (Lipinski definition) is 4. The van der Waals surface area contributed by atoms with Gasteiger partial charge in [0, 0.05) is 87.7 Å². The van der Waals surface area contributed by atoms with Gasteiger partial charge in [0.2, 0.25) is 11.8 Å². The average Bonchev–Trinajstić information content (AvgIpc) is 3.18. The SMILES string of the molecule is NCC1CCC(C(=O)N2CCN(C(=O)Nc3cccc(Oc4cccc(NC(=O)N5CCN(C(=O)C6CCC(CN)CC6)CC5)c4)c3)CC2)CC1. The molecule has 6 rings (SSSR count). The molecular weight excluding hydrogens is 648 g/mol. The molecule has 13 nitrogen and oxygen atoms in total. The molecular formula is C38H54N8O5. The number of ether oxygens (including phenoxy) is 1. The molecule has 0 radical (unpaired) electrons. The van der Waals surface area contributed by atoms with E-state index in [-0.39, 0.29) is 35.7 Å². The third kappa shape index (κ3) is 9.50. The molecule has 2 aliphatic heterocycles. The zero-order valence-electron chi connectivity index (χ0n) is 29.6. The van der Waals surface area contributed by atoms with Gasteiger partial charge in [0.05, 0.1) is 0 Å². The van der Waals surface area contributed by atoms with Gasteiger partial charge in [-0.1, -0.05) is 12.1 Å². The second-order valence-electron chi connectivity index (χ2n) is 14.5. The van der Waals surface area contributed by atoms with Crippen LogP contribution in [0.5, 0.6) is 11.5 Å². The quantitative estimate of drug-likeness (QED) is 0.317. The van der Waals surface area contributed by atoms with Crippen LogP contribution in [0.25, 0.3) is 0 Å². The molecule has 4 fully saturated rings. The number of nitrogens with one attached hydrogen (secondary N) is 2. The predicted molar refractivity (Wildman–Crippen MR) is 196 cm³/mol. The van der Waals surface area contributed by atoms with Crippen molar-refractivity contribution in [1.82, 2.24) is 19.6 Å². The second-order valence-corrected chi connectivity index (χ2v) is 14.5. The molecule has 6 N–H and O–H groups in total. The molecule has 0 spiro atoms. The Bertz CT molecular complexity index is 1400. The van der Waals surface area contributed by atoms with Gasteiger partial charge in [-0.3, -0.25) is 9.59 Å². The lowest BCUT2D eigenvalue weighted by molar-refractivity contribution is -0.139. The van der Waals surface area contributed by atoms with Crippen LogP contribution in [0.4, 0.5) is 21.0 Å². The lowest BCUT2D eigenvalue weighted by Gasteiger charge is -2.37. The molecule has 2 heterocycles. The molecule has 4 aliphatic rings. The van der Waals surface area contributed by atoms with E-state index in [1.165, 1.54) is 0 Å². The summed E-state index contributed by atoms with van der Waals surface area (Å²) in [5, 5.41) is 5.93. The maximum atomic E-state index is 13.1. The van der Waals surface area contributed by atoms with Crippen molar-refractivity contribution in [1.29, 1.82) is 0 Å². The number of amides is 6. The number of carbonyl (C=O) groups is 4. The van der Waals surface area contributed by atoms with E-state index in [0.717, 1.165) is 51.4 Å². The number of benzene rings is 2. The summed E-state index contributed by atoms with van der Waals surface area (Å²) >= 11 is 0. The van der Waals surface area contributed by atoms with Crippen LogP contribution in [0.1, 0.15) is 51.4 Å². The van der Waals surface area contributed by atoms with Crippen molar-refractivity contribution in [2.45, 2.75) is 51.4 Å². The summed E-state index contributed by atoms with van der Waals surface area (Å²) in [5.74, 6) is 2.70. The second kappa shape index (κ2) is 17.2.